The maximum Gasteiger partial charge on any atom is 0.255 e. The molecular formula is C20H24BrNO2. The Labute approximate surface area is 152 Å². The van der Waals surface area contributed by atoms with Crippen LogP contribution in [0.1, 0.15) is 48.5 Å². The molecule has 0 aliphatic carbocycles. The Hall–Kier alpha value is -1.81. The van der Waals surface area contributed by atoms with E-state index in [1.807, 2.05) is 49.4 Å². The predicted octanol–water partition coefficient (Wildman–Crippen LogP) is 5.97. The van der Waals surface area contributed by atoms with Crippen LogP contribution in [0.5, 0.6) is 5.75 Å². The van der Waals surface area contributed by atoms with Gasteiger partial charge in [-0.05, 0) is 43.2 Å². The lowest BCUT2D eigenvalue weighted by molar-refractivity contribution is 0.102. The van der Waals surface area contributed by atoms with E-state index in [1.165, 1.54) is 19.3 Å². The van der Waals surface area contributed by atoms with Crippen molar-refractivity contribution in [3.8, 4) is 5.75 Å². The number of nitrogens with one attached hydrogen (secondary N) is 1. The van der Waals surface area contributed by atoms with Crippen LogP contribution in [0.2, 0.25) is 0 Å². The molecule has 4 heteroatoms. The number of amides is 1. The Morgan fingerprint density at radius 1 is 1.12 bits per heavy atom. The summed E-state index contributed by atoms with van der Waals surface area (Å²) in [6, 6.07) is 13.1. The number of unbranched alkanes of at least 4 members (excludes halogenated alkanes) is 3. The fourth-order valence-corrected chi connectivity index (χ4v) is 2.70. The molecule has 2 aromatic rings. The maximum absolute atomic E-state index is 12.3. The monoisotopic (exact) mass is 389 g/mol. The third-order valence-electron chi connectivity index (χ3n) is 3.79. The highest BCUT2D eigenvalue weighted by molar-refractivity contribution is 9.10. The number of halogens is 1. The van der Waals surface area contributed by atoms with Crippen molar-refractivity contribution in [3.63, 3.8) is 0 Å². The molecule has 0 atom stereocenters. The first kappa shape index (κ1) is 18.5. The Balaban J connectivity index is 1.93. The molecule has 0 unspecified atom stereocenters. The molecule has 0 saturated carbocycles. The number of aryl methyl sites for hydroxylation is 1. The van der Waals surface area contributed by atoms with Crippen molar-refractivity contribution in [2.45, 2.75) is 39.5 Å². The molecule has 128 valence electrons. The molecule has 0 saturated heterocycles. The number of ether oxygens (including phenoxy) is 1. The molecule has 3 nitrogen and oxygen atoms in total. The molecule has 0 heterocycles. The average molecular weight is 390 g/mol. The number of rotatable bonds is 8. The van der Waals surface area contributed by atoms with Crippen LogP contribution in [0.15, 0.2) is 46.9 Å². The summed E-state index contributed by atoms with van der Waals surface area (Å²) in [5.41, 5.74) is 2.46. The molecule has 0 aliphatic heterocycles. The summed E-state index contributed by atoms with van der Waals surface area (Å²) in [5.74, 6) is 0.658. The van der Waals surface area contributed by atoms with Gasteiger partial charge in [0.1, 0.15) is 5.75 Å². The van der Waals surface area contributed by atoms with Gasteiger partial charge in [0.25, 0.3) is 5.91 Å². The number of carbonyl (C=O) groups is 1. The van der Waals surface area contributed by atoms with Crippen molar-refractivity contribution in [2.75, 3.05) is 11.9 Å². The fraction of sp³-hybridized carbons (Fsp3) is 0.350. The highest BCUT2D eigenvalue weighted by atomic mass is 79.9. The Bertz CT molecular complexity index is 685. The summed E-state index contributed by atoms with van der Waals surface area (Å²) in [5, 5.41) is 2.92. The van der Waals surface area contributed by atoms with E-state index < -0.39 is 0 Å². The lowest BCUT2D eigenvalue weighted by Gasteiger charge is -2.10. The summed E-state index contributed by atoms with van der Waals surface area (Å²) in [7, 11) is 0. The summed E-state index contributed by atoms with van der Waals surface area (Å²) >= 11 is 3.46. The number of carbonyl (C=O) groups excluding carboxylic acids is 1. The minimum absolute atomic E-state index is 0.129. The summed E-state index contributed by atoms with van der Waals surface area (Å²) in [6.07, 6.45) is 4.71. The van der Waals surface area contributed by atoms with E-state index in [0.29, 0.717) is 12.2 Å². The van der Waals surface area contributed by atoms with E-state index >= 15 is 0 Å². The molecule has 24 heavy (non-hydrogen) atoms. The molecule has 1 N–H and O–H groups in total. The smallest absolute Gasteiger partial charge is 0.255 e. The molecule has 0 aliphatic rings. The third-order valence-corrected chi connectivity index (χ3v) is 4.65. The second-order valence-corrected chi connectivity index (χ2v) is 6.71. The van der Waals surface area contributed by atoms with Crippen molar-refractivity contribution < 1.29 is 9.53 Å². The van der Waals surface area contributed by atoms with Crippen LogP contribution in [0.3, 0.4) is 0 Å². The van der Waals surface area contributed by atoms with E-state index in [1.54, 1.807) is 0 Å². The number of benzene rings is 2. The summed E-state index contributed by atoms with van der Waals surface area (Å²) in [4.78, 5) is 12.3. The normalized spacial score (nSPS) is 10.5. The van der Waals surface area contributed by atoms with Crippen LogP contribution < -0.4 is 10.1 Å². The summed E-state index contributed by atoms with van der Waals surface area (Å²) < 4.78 is 6.69. The van der Waals surface area contributed by atoms with Crippen molar-refractivity contribution in [3.05, 3.63) is 58.1 Å². The van der Waals surface area contributed by atoms with Crippen LogP contribution in [0, 0.1) is 6.92 Å². The predicted molar refractivity (Wildman–Crippen MR) is 103 cm³/mol. The number of anilines is 1. The van der Waals surface area contributed by atoms with Gasteiger partial charge in [-0.2, -0.15) is 0 Å². The molecule has 0 aromatic heterocycles. The first-order valence-corrected chi connectivity index (χ1v) is 9.20. The van der Waals surface area contributed by atoms with Crippen molar-refractivity contribution >= 4 is 27.5 Å². The third kappa shape index (κ3) is 5.68. The van der Waals surface area contributed by atoms with E-state index in [2.05, 4.69) is 28.2 Å². The zero-order valence-electron chi connectivity index (χ0n) is 14.3. The first-order valence-electron chi connectivity index (χ1n) is 8.40. The Kier molecular flexibility index (Phi) is 7.32. The van der Waals surface area contributed by atoms with Gasteiger partial charge in [-0.3, -0.25) is 4.79 Å². The van der Waals surface area contributed by atoms with Crippen LogP contribution in [-0.4, -0.2) is 12.5 Å². The Morgan fingerprint density at radius 2 is 1.96 bits per heavy atom. The largest absolute Gasteiger partial charge is 0.494 e. The lowest BCUT2D eigenvalue weighted by atomic mass is 10.1. The van der Waals surface area contributed by atoms with Crippen LogP contribution in [0.4, 0.5) is 5.69 Å². The van der Waals surface area contributed by atoms with Gasteiger partial charge >= 0.3 is 0 Å². The van der Waals surface area contributed by atoms with Gasteiger partial charge in [-0.25, -0.2) is 0 Å². The van der Waals surface area contributed by atoms with E-state index in [0.717, 1.165) is 27.9 Å². The van der Waals surface area contributed by atoms with Crippen molar-refractivity contribution in [1.82, 2.24) is 0 Å². The molecule has 0 fully saturated rings. The highest BCUT2D eigenvalue weighted by Crippen LogP contribution is 2.21. The molecule has 2 rings (SSSR count). The maximum atomic E-state index is 12.3. The zero-order valence-corrected chi connectivity index (χ0v) is 15.9. The van der Waals surface area contributed by atoms with Crippen molar-refractivity contribution in [2.24, 2.45) is 0 Å². The highest BCUT2D eigenvalue weighted by Gasteiger charge is 2.08. The lowest BCUT2D eigenvalue weighted by Crippen LogP contribution is -2.12. The second-order valence-electron chi connectivity index (χ2n) is 5.86. The molecule has 1 amide bonds. The van der Waals surface area contributed by atoms with E-state index in [-0.39, 0.29) is 5.91 Å². The standard InChI is InChI=1S/C20H24BrNO2/c1-3-4-5-6-12-24-18-9-7-8-17(14-18)22-20(23)16-11-10-15(2)19(21)13-16/h7-11,13-14H,3-6,12H2,1-2H3,(H,22,23). The molecular weight excluding hydrogens is 366 g/mol. The first-order chi connectivity index (χ1) is 11.6. The van der Waals surface area contributed by atoms with Crippen LogP contribution in [-0.2, 0) is 0 Å². The topological polar surface area (TPSA) is 38.3 Å². The Morgan fingerprint density at radius 3 is 2.71 bits per heavy atom. The minimum atomic E-state index is -0.129. The zero-order chi connectivity index (χ0) is 17.4. The van der Waals surface area contributed by atoms with Gasteiger partial charge < -0.3 is 10.1 Å². The van der Waals surface area contributed by atoms with Gasteiger partial charge in [-0.1, -0.05) is 54.2 Å². The van der Waals surface area contributed by atoms with Gasteiger partial charge in [0.2, 0.25) is 0 Å². The molecule has 0 spiro atoms. The second kappa shape index (κ2) is 9.48. The van der Waals surface area contributed by atoms with E-state index in [9.17, 15) is 4.79 Å². The average Bonchev–Trinajstić information content (AvgIpc) is 2.57. The van der Waals surface area contributed by atoms with Gasteiger partial charge in [0, 0.05) is 21.8 Å². The molecule has 0 bridgehead atoms. The van der Waals surface area contributed by atoms with Crippen LogP contribution >= 0.6 is 15.9 Å². The SMILES string of the molecule is CCCCCCOc1cccc(NC(=O)c2ccc(C)c(Br)c2)c1. The van der Waals surface area contributed by atoms with E-state index in [4.69, 9.17) is 4.74 Å². The summed E-state index contributed by atoms with van der Waals surface area (Å²) in [6.45, 7) is 4.90. The minimum Gasteiger partial charge on any atom is -0.494 e. The quantitative estimate of drug-likeness (QED) is 0.564. The molecule has 0 radical (unpaired) electrons. The van der Waals surface area contributed by atoms with Crippen LogP contribution in [0.25, 0.3) is 0 Å². The van der Waals surface area contributed by atoms with Gasteiger partial charge in [0.15, 0.2) is 0 Å². The van der Waals surface area contributed by atoms with Gasteiger partial charge in [0.05, 0.1) is 6.61 Å². The molecule has 2 aromatic carbocycles. The fourth-order valence-electron chi connectivity index (χ4n) is 2.32. The number of hydrogen-bond donors (Lipinski definition) is 1. The van der Waals surface area contributed by atoms with Gasteiger partial charge in [-0.15, -0.1) is 0 Å². The van der Waals surface area contributed by atoms with Crippen molar-refractivity contribution in [1.29, 1.82) is 0 Å². The number of hydrogen-bond acceptors (Lipinski definition) is 2.